The van der Waals surface area contributed by atoms with E-state index in [9.17, 15) is 14.4 Å². The van der Waals surface area contributed by atoms with E-state index in [1.807, 2.05) is 42.5 Å². The Morgan fingerprint density at radius 3 is 2.41 bits per heavy atom. The van der Waals surface area contributed by atoms with Gasteiger partial charge in [-0.3, -0.25) is 14.4 Å². The normalized spacial score (nSPS) is 10.8. The Morgan fingerprint density at radius 1 is 0.966 bits per heavy atom. The second-order valence-electron chi connectivity index (χ2n) is 6.67. The summed E-state index contributed by atoms with van der Waals surface area (Å²) in [5.41, 5.74) is 8.40. The first-order valence-corrected chi connectivity index (χ1v) is 8.98. The summed E-state index contributed by atoms with van der Waals surface area (Å²) >= 11 is 0. The molecule has 2 aromatic carbocycles. The lowest BCUT2D eigenvalue weighted by Crippen LogP contribution is -2.24. The molecule has 0 bridgehead atoms. The molecule has 4 rings (SSSR count). The summed E-state index contributed by atoms with van der Waals surface area (Å²) < 4.78 is 1.68. The minimum Gasteiger partial charge on any atom is -0.365 e. The van der Waals surface area contributed by atoms with Gasteiger partial charge in [0.05, 0.1) is 5.39 Å². The lowest BCUT2D eigenvalue weighted by molar-refractivity contribution is 0.0995. The highest BCUT2D eigenvalue weighted by atomic mass is 16.2. The van der Waals surface area contributed by atoms with Crippen LogP contribution in [0, 0.1) is 0 Å². The molecule has 0 fully saturated rings. The Labute approximate surface area is 166 Å². The van der Waals surface area contributed by atoms with Crippen molar-refractivity contribution in [3.63, 3.8) is 0 Å². The summed E-state index contributed by atoms with van der Waals surface area (Å²) in [5, 5.41) is 0.313. The fourth-order valence-corrected chi connectivity index (χ4v) is 3.29. The number of nitrogens with zero attached hydrogens (tertiary/aromatic N) is 2. The summed E-state index contributed by atoms with van der Waals surface area (Å²) in [7, 11) is 0. The van der Waals surface area contributed by atoms with E-state index in [1.165, 1.54) is 13.1 Å². The summed E-state index contributed by atoms with van der Waals surface area (Å²) in [6.45, 7) is 1.53. The van der Waals surface area contributed by atoms with Crippen molar-refractivity contribution in [1.82, 2.24) is 9.55 Å². The van der Waals surface area contributed by atoms with Crippen LogP contribution in [-0.2, 0) is 0 Å². The molecule has 0 radical (unpaired) electrons. The number of pyridine rings is 2. The Hall–Kier alpha value is -4.06. The predicted molar refractivity (Wildman–Crippen MR) is 111 cm³/mol. The van der Waals surface area contributed by atoms with Crippen LogP contribution in [0.1, 0.15) is 27.6 Å². The SMILES string of the molecule is CC(=O)c1cccc(-c2cccc(-n3cc(C(N)=O)c(=O)c4cccnc43)c2)c1. The van der Waals surface area contributed by atoms with Gasteiger partial charge in [0, 0.05) is 23.6 Å². The molecule has 0 spiro atoms. The second-order valence-corrected chi connectivity index (χ2v) is 6.67. The Morgan fingerprint density at radius 2 is 1.69 bits per heavy atom. The fourth-order valence-electron chi connectivity index (χ4n) is 3.29. The third-order valence-corrected chi connectivity index (χ3v) is 4.75. The van der Waals surface area contributed by atoms with Crippen molar-refractivity contribution in [3.8, 4) is 16.8 Å². The van der Waals surface area contributed by atoms with E-state index in [2.05, 4.69) is 4.98 Å². The average Bonchev–Trinajstić information content (AvgIpc) is 2.74. The minimum absolute atomic E-state index is 0.00953. The molecule has 0 unspecified atom stereocenters. The van der Waals surface area contributed by atoms with E-state index < -0.39 is 11.3 Å². The molecule has 29 heavy (non-hydrogen) atoms. The van der Waals surface area contributed by atoms with Gasteiger partial charge in [0.2, 0.25) is 5.43 Å². The molecular formula is C23H17N3O3. The molecule has 6 nitrogen and oxygen atoms in total. The van der Waals surface area contributed by atoms with Crippen LogP contribution in [-0.4, -0.2) is 21.2 Å². The van der Waals surface area contributed by atoms with Crippen LogP contribution >= 0.6 is 0 Å². The Balaban J connectivity index is 1.94. The molecule has 4 aromatic rings. The molecule has 0 atom stereocenters. The maximum absolute atomic E-state index is 12.6. The third-order valence-electron chi connectivity index (χ3n) is 4.75. The molecule has 2 heterocycles. The quantitative estimate of drug-likeness (QED) is 0.547. The zero-order chi connectivity index (χ0) is 20.5. The Bertz CT molecular complexity index is 1340. The van der Waals surface area contributed by atoms with Crippen LogP contribution in [0.25, 0.3) is 27.8 Å². The summed E-state index contributed by atoms with van der Waals surface area (Å²) in [6.07, 6.45) is 3.01. The molecule has 2 N–H and O–H groups in total. The zero-order valence-corrected chi connectivity index (χ0v) is 15.6. The van der Waals surface area contributed by atoms with E-state index >= 15 is 0 Å². The molecule has 0 aliphatic heterocycles. The maximum atomic E-state index is 12.6. The molecule has 0 aliphatic rings. The molecular weight excluding hydrogens is 366 g/mol. The number of primary amides is 1. The standard InChI is InChI=1S/C23H17N3O3/c1-14(27)15-5-2-6-16(11-15)17-7-3-8-18(12-17)26-13-20(22(24)29)21(28)19-9-4-10-25-23(19)26/h2-13H,1H3,(H2,24,29). The number of ketones is 1. The van der Waals surface area contributed by atoms with E-state index in [-0.39, 0.29) is 11.3 Å². The third kappa shape index (κ3) is 3.32. The molecule has 0 saturated carbocycles. The van der Waals surface area contributed by atoms with Crippen LogP contribution in [0.4, 0.5) is 0 Å². The first kappa shape index (κ1) is 18.3. The van der Waals surface area contributed by atoms with Crippen molar-refractivity contribution < 1.29 is 9.59 Å². The van der Waals surface area contributed by atoms with Crippen molar-refractivity contribution in [2.24, 2.45) is 5.73 Å². The highest BCUT2D eigenvalue weighted by Crippen LogP contribution is 2.25. The van der Waals surface area contributed by atoms with Gasteiger partial charge in [-0.15, -0.1) is 0 Å². The summed E-state index contributed by atoms with van der Waals surface area (Å²) in [5.74, 6) is -0.801. The van der Waals surface area contributed by atoms with Gasteiger partial charge in [-0.2, -0.15) is 0 Å². The van der Waals surface area contributed by atoms with Crippen LogP contribution in [0.2, 0.25) is 0 Å². The predicted octanol–water partition coefficient (Wildman–Crippen LogP) is 3.35. The molecule has 142 valence electrons. The monoisotopic (exact) mass is 383 g/mol. The van der Waals surface area contributed by atoms with Gasteiger partial charge in [0.15, 0.2) is 5.78 Å². The van der Waals surface area contributed by atoms with Crippen molar-refractivity contribution in [3.05, 3.63) is 94.4 Å². The van der Waals surface area contributed by atoms with E-state index in [0.717, 1.165) is 11.1 Å². The van der Waals surface area contributed by atoms with Crippen LogP contribution < -0.4 is 11.2 Å². The van der Waals surface area contributed by atoms with Crippen molar-refractivity contribution in [2.75, 3.05) is 0 Å². The van der Waals surface area contributed by atoms with E-state index in [4.69, 9.17) is 5.73 Å². The van der Waals surface area contributed by atoms with E-state index in [1.54, 1.807) is 29.0 Å². The molecule has 1 amide bonds. The largest absolute Gasteiger partial charge is 0.365 e. The Kier molecular flexibility index (Phi) is 4.52. The van der Waals surface area contributed by atoms with Crippen molar-refractivity contribution in [1.29, 1.82) is 0 Å². The first-order chi connectivity index (χ1) is 14.0. The molecule has 0 aliphatic carbocycles. The highest BCUT2D eigenvalue weighted by Gasteiger charge is 2.15. The van der Waals surface area contributed by atoms with Crippen molar-refractivity contribution >= 4 is 22.7 Å². The number of fused-ring (bicyclic) bond motifs is 1. The lowest BCUT2D eigenvalue weighted by atomic mass is 10.0. The minimum atomic E-state index is -0.792. The van der Waals surface area contributed by atoms with Gasteiger partial charge < -0.3 is 10.3 Å². The molecule has 6 heteroatoms. The van der Waals surface area contributed by atoms with Gasteiger partial charge >= 0.3 is 0 Å². The van der Waals surface area contributed by atoms with Gasteiger partial charge in [-0.1, -0.05) is 30.3 Å². The molecule has 0 saturated heterocycles. The average molecular weight is 383 g/mol. The van der Waals surface area contributed by atoms with Crippen molar-refractivity contribution in [2.45, 2.75) is 6.92 Å². The summed E-state index contributed by atoms with van der Waals surface area (Å²) in [6, 6.07) is 18.2. The zero-order valence-electron chi connectivity index (χ0n) is 15.6. The number of amides is 1. The maximum Gasteiger partial charge on any atom is 0.254 e. The van der Waals surface area contributed by atoms with Crippen LogP contribution in [0.15, 0.2) is 77.9 Å². The topological polar surface area (TPSA) is 95.0 Å². The lowest BCUT2D eigenvalue weighted by Gasteiger charge is -2.13. The summed E-state index contributed by atoms with van der Waals surface area (Å²) in [4.78, 5) is 40.4. The fraction of sp³-hybridized carbons (Fsp3) is 0.0435. The van der Waals surface area contributed by atoms with Gasteiger partial charge in [0.1, 0.15) is 11.2 Å². The number of benzene rings is 2. The second kappa shape index (κ2) is 7.16. The van der Waals surface area contributed by atoms with Gasteiger partial charge in [-0.05, 0) is 48.4 Å². The number of hydrogen-bond donors (Lipinski definition) is 1. The van der Waals surface area contributed by atoms with Gasteiger partial charge in [-0.25, -0.2) is 4.98 Å². The number of hydrogen-bond acceptors (Lipinski definition) is 4. The first-order valence-electron chi connectivity index (χ1n) is 8.98. The highest BCUT2D eigenvalue weighted by molar-refractivity contribution is 5.96. The number of Topliss-reactive ketones (excluding diaryl/α,β-unsaturated/α-hetero) is 1. The number of carbonyl (C=O) groups excluding carboxylic acids is 2. The number of rotatable bonds is 4. The number of nitrogens with two attached hydrogens (primary N) is 1. The van der Waals surface area contributed by atoms with Crippen LogP contribution in [0.3, 0.4) is 0 Å². The smallest absolute Gasteiger partial charge is 0.254 e. The van der Waals surface area contributed by atoms with Crippen LogP contribution in [0.5, 0.6) is 0 Å². The number of aromatic nitrogens is 2. The number of carbonyl (C=O) groups is 2. The van der Waals surface area contributed by atoms with E-state index in [0.29, 0.717) is 22.3 Å². The molecule has 2 aromatic heterocycles. The van der Waals surface area contributed by atoms with Gasteiger partial charge in [0.25, 0.3) is 5.91 Å².